The summed E-state index contributed by atoms with van der Waals surface area (Å²) in [5.74, 6) is -0.557. The van der Waals surface area contributed by atoms with Crippen molar-refractivity contribution in [2.24, 2.45) is 0 Å². The maximum absolute atomic E-state index is 12.3. The number of alkyl halides is 3. The van der Waals surface area contributed by atoms with E-state index in [1.807, 2.05) is 0 Å². The Kier molecular flexibility index (Phi) is 2.71. The average molecular weight is 271 g/mol. The fraction of sp³-hybridized carbons (Fsp3) is 0.429. The Labute approximate surface area is 86.0 Å². The van der Waals surface area contributed by atoms with Gasteiger partial charge in [0.1, 0.15) is 0 Å². The molecule has 0 atom stereocenters. The van der Waals surface area contributed by atoms with E-state index in [9.17, 15) is 18.0 Å². The second-order valence-electron chi connectivity index (χ2n) is 2.68. The Morgan fingerprint density at radius 3 is 2.21 bits per heavy atom. The average Bonchev–Trinajstić information content (AvgIpc) is 2.28. The summed E-state index contributed by atoms with van der Waals surface area (Å²) >= 11 is 2.75. The largest absolute Gasteiger partial charge is 0.436 e. The number of hydrogen-bond acceptors (Lipinski definition) is 2. The third kappa shape index (κ3) is 1.82. The van der Waals surface area contributed by atoms with E-state index in [0.29, 0.717) is 4.68 Å². The summed E-state index contributed by atoms with van der Waals surface area (Å²) in [4.78, 5) is 10.9. The quantitative estimate of drug-likeness (QED) is 0.727. The van der Waals surface area contributed by atoms with Gasteiger partial charge in [-0.15, -0.1) is 0 Å². The normalized spacial score (nSPS) is 11.9. The van der Waals surface area contributed by atoms with Crippen molar-refractivity contribution >= 4 is 21.8 Å². The second-order valence-corrected chi connectivity index (χ2v) is 3.47. The van der Waals surface area contributed by atoms with Crippen LogP contribution >= 0.6 is 15.9 Å². The van der Waals surface area contributed by atoms with Crippen molar-refractivity contribution in [3.05, 3.63) is 15.9 Å². The smallest absolute Gasteiger partial charge is 0.273 e. The molecular formula is C7H6BrF3N2O. The van der Waals surface area contributed by atoms with E-state index < -0.39 is 17.8 Å². The molecule has 1 aromatic rings. The van der Waals surface area contributed by atoms with Gasteiger partial charge in [-0.2, -0.15) is 18.3 Å². The minimum Gasteiger partial charge on any atom is -0.273 e. The number of nitrogens with zero attached hydrogens (tertiary/aromatic N) is 2. The zero-order chi connectivity index (χ0) is 11.1. The lowest BCUT2D eigenvalue weighted by atomic mass is 10.3. The molecular weight excluding hydrogens is 265 g/mol. The molecule has 7 heteroatoms. The molecule has 0 unspecified atom stereocenters. The molecule has 0 aromatic carbocycles. The van der Waals surface area contributed by atoms with E-state index in [0.717, 1.165) is 6.92 Å². The van der Waals surface area contributed by atoms with Crippen molar-refractivity contribution in [2.75, 3.05) is 0 Å². The number of carbonyl (C=O) groups is 1. The van der Waals surface area contributed by atoms with Gasteiger partial charge in [-0.05, 0) is 22.9 Å². The van der Waals surface area contributed by atoms with Crippen LogP contribution in [0.25, 0.3) is 0 Å². The molecule has 0 aliphatic heterocycles. The zero-order valence-corrected chi connectivity index (χ0v) is 8.90. The summed E-state index contributed by atoms with van der Waals surface area (Å²) in [6.07, 6.45) is -4.55. The van der Waals surface area contributed by atoms with Gasteiger partial charge in [0.05, 0.1) is 10.2 Å². The van der Waals surface area contributed by atoms with Crippen LogP contribution in [0, 0.1) is 6.92 Å². The van der Waals surface area contributed by atoms with Gasteiger partial charge in [0, 0.05) is 6.92 Å². The molecule has 3 nitrogen and oxygen atoms in total. The maximum atomic E-state index is 12.3. The predicted molar refractivity (Wildman–Crippen MR) is 46.0 cm³/mol. The van der Waals surface area contributed by atoms with Crippen LogP contribution in [0.15, 0.2) is 4.47 Å². The first-order chi connectivity index (χ1) is 6.25. The molecule has 0 N–H and O–H groups in total. The van der Waals surface area contributed by atoms with E-state index in [2.05, 4.69) is 21.0 Å². The first kappa shape index (κ1) is 11.2. The van der Waals surface area contributed by atoms with Crippen LogP contribution in [0.3, 0.4) is 0 Å². The molecule has 0 bridgehead atoms. The monoisotopic (exact) mass is 270 g/mol. The molecule has 14 heavy (non-hydrogen) atoms. The highest BCUT2D eigenvalue weighted by atomic mass is 79.9. The van der Waals surface area contributed by atoms with Gasteiger partial charge in [0.15, 0.2) is 5.69 Å². The highest BCUT2D eigenvalue weighted by Crippen LogP contribution is 2.35. The van der Waals surface area contributed by atoms with Gasteiger partial charge >= 0.3 is 6.18 Å². The Bertz CT molecular complexity index is 383. The van der Waals surface area contributed by atoms with Crippen LogP contribution in [0.5, 0.6) is 0 Å². The van der Waals surface area contributed by atoms with Gasteiger partial charge in [-0.25, -0.2) is 4.68 Å². The third-order valence-corrected chi connectivity index (χ3v) is 2.56. The standard InChI is InChI=1S/C7H6BrF3N2O/c1-3-5(8)6(7(9,10)11)12-13(3)4(2)14/h1-2H3. The molecule has 1 aromatic heterocycles. The van der Waals surface area contributed by atoms with Crippen molar-refractivity contribution < 1.29 is 18.0 Å². The SMILES string of the molecule is CC(=O)n1nc(C(F)(F)F)c(Br)c1C. The molecule has 1 rings (SSSR count). The van der Waals surface area contributed by atoms with Crippen LogP contribution in [0.1, 0.15) is 23.1 Å². The highest BCUT2D eigenvalue weighted by Gasteiger charge is 2.38. The molecule has 0 fully saturated rings. The first-order valence-corrected chi connectivity index (χ1v) is 4.37. The van der Waals surface area contributed by atoms with Gasteiger partial charge in [-0.3, -0.25) is 4.79 Å². The Hall–Kier alpha value is -0.850. The molecule has 0 amide bonds. The topological polar surface area (TPSA) is 34.9 Å². The highest BCUT2D eigenvalue weighted by molar-refractivity contribution is 9.10. The zero-order valence-electron chi connectivity index (χ0n) is 7.31. The van der Waals surface area contributed by atoms with Crippen molar-refractivity contribution in [2.45, 2.75) is 20.0 Å². The fourth-order valence-corrected chi connectivity index (χ4v) is 1.44. The molecule has 0 aliphatic rings. The molecule has 0 radical (unpaired) electrons. The van der Waals surface area contributed by atoms with Crippen LogP contribution in [0.2, 0.25) is 0 Å². The second kappa shape index (κ2) is 3.38. The summed E-state index contributed by atoms with van der Waals surface area (Å²) in [6.45, 7) is 2.53. The number of carbonyl (C=O) groups excluding carboxylic acids is 1. The van der Waals surface area contributed by atoms with Gasteiger partial charge in [0.25, 0.3) is 0 Å². The summed E-state index contributed by atoms with van der Waals surface area (Å²) in [7, 11) is 0. The van der Waals surface area contributed by atoms with E-state index >= 15 is 0 Å². The molecule has 0 saturated carbocycles. The van der Waals surface area contributed by atoms with E-state index in [4.69, 9.17) is 0 Å². The van der Waals surface area contributed by atoms with E-state index in [-0.39, 0.29) is 10.2 Å². The predicted octanol–water partition coefficient (Wildman–Crippen LogP) is 2.63. The third-order valence-electron chi connectivity index (χ3n) is 1.61. The Balaban J connectivity index is 3.37. The van der Waals surface area contributed by atoms with E-state index in [1.165, 1.54) is 6.92 Å². The number of rotatable bonds is 0. The molecule has 0 spiro atoms. The molecule has 78 valence electrons. The Morgan fingerprint density at radius 2 is 2.00 bits per heavy atom. The first-order valence-electron chi connectivity index (χ1n) is 3.58. The fourth-order valence-electron chi connectivity index (χ4n) is 0.971. The van der Waals surface area contributed by atoms with Gasteiger partial charge < -0.3 is 0 Å². The van der Waals surface area contributed by atoms with Crippen molar-refractivity contribution in [1.82, 2.24) is 9.78 Å². The lowest BCUT2D eigenvalue weighted by molar-refractivity contribution is -0.141. The van der Waals surface area contributed by atoms with Crippen molar-refractivity contribution in [1.29, 1.82) is 0 Å². The van der Waals surface area contributed by atoms with Crippen molar-refractivity contribution in [3.63, 3.8) is 0 Å². The van der Waals surface area contributed by atoms with E-state index in [1.54, 1.807) is 0 Å². The molecule has 0 saturated heterocycles. The van der Waals surface area contributed by atoms with Crippen molar-refractivity contribution in [3.8, 4) is 0 Å². The van der Waals surface area contributed by atoms with Crippen LogP contribution < -0.4 is 0 Å². The summed E-state index contributed by atoms with van der Waals surface area (Å²) in [6, 6.07) is 0. The summed E-state index contributed by atoms with van der Waals surface area (Å²) < 4.78 is 37.4. The number of hydrogen-bond donors (Lipinski definition) is 0. The van der Waals surface area contributed by atoms with Crippen LogP contribution in [-0.4, -0.2) is 15.7 Å². The van der Waals surface area contributed by atoms with Crippen LogP contribution in [-0.2, 0) is 6.18 Å². The van der Waals surface area contributed by atoms with Gasteiger partial charge in [0.2, 0.25) is 5.91 Å². The lowest BCUT2D eigenvalue weighted by Gasteiger charge is -2.01. The lowest BCUT2D eigenvalue weighted by Crippen LogP contribution is -2.12. The van der Waals surface area contributed by atoms with Crippen LogP contribution in [0.4, 0.5) is 13.2 Å². The number of halogens is 4. The maximum Gasteiger partial charge on any atom is 0.436 e. The van der Waals surface area contributed by atoms with Gasteiger partial charge in [-0.1, -0.05) is 0 Å². The minimum absolute atomic E-state index is 0.143. The summed E-state index contributed by atoms with van der Waals surface area (Å²) in [5, 5.41) is 3.18. The Morgan fingerprint density at radius 1 is 1.50 bits per heavy atom. The minimum atomic E-state index is -4.55. The molecule has 0 aliphatic carbocycles. The number of aromatic nitrogens is 2. The summed E-state index contributed by atoms with van der Waals surface area (Å²) in [5.41, 5.74) is -0.935. The molecule has 1 heterocycles.